The smallest absolute Gasteiger partial charge is 0.213 e. The molecule has 4 heteroatoms. The molecule has 1 N–H and O–H groups in total. The molecule has 1 aliphatic carbocycles. The maximum Gasteiger partial charge on any atom is 0.213 e. The second-order valence-electron chi connectivity index (χ2n) is 5.39. The molecule has 1 aromatic rings. The lowest BCUT2D eigenvalue weighted by molar-refractivity contribution is 0.288. The van der Waals surface area contributed by atoms with Crippen LogP contribution in [0.3, 0.4) is 0 Å². The van der Waals surface area contributed by atoms with Crippen molar-refractivity contribution in [1.82, 2.24) is 10.3 Å². The van der Waals surface area contributed by atoms with Gasteiger partial charge in [-0.25, -0.2) is 4.98 Å². The first-order chi connectivity index (χ1) is 8.65. The summed E-state index contributed by atoms with van der Waals surface area (Å²) in [4.78, 5) is 4.20. The van der Waals surface area contributed by atoms with E-state index in [0.29, 0.717) is 16.8 Å². The average Bonchev–Trinajstić information content (AvgIpc) is 3.13. The van der Waals surface area contributed by atoms with Crippen LogP contribution in [0, 0.1) is 11.8 Å². The topological polar surface area (TPSA) is 34.1 Å². The van der Waals surface area contributed by atoms with Gasteiger partial charge < -0.3 is 10.1 Å². The average molecular weight is 269 g/mol. The van der Waals surface area contributed by atoms with Crippen LogP contribution in [0.4, 0.5) is 0 Å². The number of ether oxygens (including phenoxy) is 1. The van der Waals surface area contributed by atoms with Crippen molar-refractivity contribution >= 4 is 11.6 Å². The van der Waals surface area contributed by atoms with Crippen LogP contribution in [-0.2, 0) is 6.54 Å². The fourth-order valence-corrected chi connectivity index (χ4v) is 1.83. The fraction of sp³-hybridized carbons (Fsp3) is 0.643. The minimum Gasteiger partial charge on any atom is -0.477 e. The predicted molar refractivity (Wildman–Crippen MR) is 74.0 cm³/mol. The number of nitrogens with one attached hydrogen (secondary N) is 1. The van der Waals surface area contributed by atoms with Gasteiger partial charge in [0, 0.05) is 18.8 Å². The van der Waals surface area contributed by atoms with Crippen molar-refractivity contribution in [3.8, 4) is 5.88 Å². The first-order valence-corrected chi connectivity index (χ1v) is 7.01. The molecule has 3 nitrogen and oxygen atoms in total. The van der Waals surface area contributed by atoms with Crippen LogP contribution in [0.15, 0.2) is 12.3 Å². The van der Waals surface area contributed by atoms with Crippen LogP contribution < -0.4 is 10.1 Å². The summed E-state index contributed by atoms with van der Waals surface area (Å²) in [7, 11) is 0. The summed E-state index contributed by atoms with van der Waals surface area (Å²) in [6.07, 6.45) is 4.25. The van der Waals surface area contributed by atoms with Gasteiger partial charge in [-0.3, -0.25) is 0 Å². The van der Waals surface area contributed by atoms with E-state index < -0.39 is 0 Å². The highest BCUT2D eigenvalue weighted by Crippen LogP contribution is 2.29. The Labute approximate surface area is 114 Å². The molecule has 2 rings (SSSR count). The van der Waals surface area contributed by atoms with Gasteiger partial charge in [0.1, 0.15) is 0 Å². The van der Waals surface area contributed by atoms with Gasteiger partial charge in [-0.15, -0.1) is 0 Å². The van der Waals surface area contributed by atoms with Crippen LogP contribution in [0.2, 0.25) is 5.02 Å². The maximum absolute atomic E-state index is 6.13. The van der Waals surface area contributed by atoms with E-state index in [1.807, 2.05) is 6.07 Å². The zero-order valence-corrected chi connectivity index (χ0v) is 11.8. The summed E-state index contributed by atoms with van der Waals surface area (Å²) in [5, 5.41) is 4.08. The van der Waals surface area contributed by atoms with E-state index in [0.717, 1.165) is 31.2 Å². The third-order valence-corrected chi connectivity index (χ3v) is 3.28. The zero-order chi connectivity index (χ0) is 13.0. The lowest BCUT2D eigenvalue weighted by Gasteiger charge is -2.10. The Morgan fingerprint density at radius 1 is 1.50 bits per heavy atom. The Balaban J connectivity index is 1.88. The van der Waals surface area contributed by atoms with Gasteiger partial charge in [0.25, 0.3) is 0 Å². The molecule has 18 heavy (non-hydrogen) atoms. The fourth-order valence-electron chi connectivity index (χ4n) is 1.66. The van der Waals surface area contributed by atoms with E-state index in [1.165, 1.54) is 12.8 Å². The Bertz CT molecular complexity index is 391. The molecule has 0 atom stereocenters. The van der Waals surface area contributed by atoms with Gasteiger partial charge in [0.15, 0.2) is 0 Å². The number of nitrogens with zero attached hydrogens (tertiary/aromatic N) is 1. The molecule has 1 heterocycles. The third kappa shape index (κ3) is 4.46. The monoisotopic (exact) mass is 268 g/mol. The van der Waals surface area contributed by atoms with Crippen molar-refractivity contribution in [2.24, 2.45) is 11.8 Å². The van der Waals surface area contributed by atoms with Crippen LogP contribution in [0.5, 0.6) is 5.88 Å². The summed E-state index contributed by atoms with van der Waals surface area (Å²) in [6, 6.07) is 1.94. The summed E-state index contributed by atoms with van der Waals surface area (Å²) in [6.45, 7) is 6.90. The molecule has 1 saturated carbocycles. The van der Waals surface area contributed by atoms with Gasteiger partial charge in [0.2, 0.25) is 5.88 Å². The van der Waals surface area contributed by atoms with Crippen LogP contribution >= 0.6 is 11.6 Å². The number of aromatic nitrogens is 1. The van der Waals surface area contributed by atoms with Crippen molar-refractivity contribution in [2.75, 3.05) is 13.2 Å². The first kappa shape index (κ1) is 13.6. The van der Waals surface area contributed by atoms with Crippen LogP contribution in [0.1, 0.15) is 32.3 Å². The minimum absolute atomic E-state index is 0.635. The molecule has 1 aliphatic rings. The highest BCUT2D eigenvalue weighted by Gasteiger charge is 2.22. The van der Waals surface area contributed by atoms with E-state index in [-0.39, 0.29) is 0 Å². The predicted octanol–water partition coefficient (Wildman–Crippen LogP) is 3.27. The van der Waals surface area contributed by atoms with Gasteiger partial charge in [-0.05, 0) is 36.8 Å². The standard InChI is InChI=1S/C14H21ClN2O/c1-10(2)6-16-7-12-5-14(17-8-13(12)15)18-9-11-3-4-11/h5,8,10-11,16H,3-4,6-7,9H2,1-2H3. The first-order valence-electron chi connectivity index (χ1n) is 6.63. The molecule has 0 saturated heterocycles. The number of halogens is 1. The minimum atomic E-state index is 0.635. The van der Waals surface area contributed by atoms with E-state index in [1.54, 1.807) is 6.20 Å². The number of hydrogen-bond acceptors (Lipinski definition) is 3. The van der Waals surface area contributed by atoms with Crippen LogP contribution in [0.25, 0.3) is 0 Å². The molecule has 0 bridgehead atoms. The molecular formula is C14H21ClN2O. The molecule has 1 fully saturated rings. The second-order valence-corrected chi connectivity index (χ2v) is 5.80. The van der Waals surface area contributed by atoms with E-state index in [2.05, 4.69) is 24.1 Å². The molecule has 0 radical (unpaired) electrons. The third-order valence-electron chi connectivity index (χ3n) is 2.94. The number of rotatable bonds is 7. The summed E-state index contributed by atoms with van der Waals surface area (Å²) in [5.41, 5.74) is 1.05. The maximum atomic E-state index is 6.13. The van der Waals surface area contributed by atoms with Crippen molar-refractivity contribution in [2.45, 2.75) is 33.2 Å². The second kappa shape index (κ2) is 6.39. The summed E-state index contributed by atoms with van der Waals surface area (Å²) < 4.78 is 5.66. The van der Waals surface area contributed by atoms with Crippen molar-refractivity contribution in [1.29, 1.82) is 0 Å². The zero-order valence-electron chi connectivity index (χ0n) is 11.1. The largest absolute Gasteiger partial charge is 0.477 e. The molecular weight excluding hydrogens is 248 g/mol. The molecule has 0 unspecified atom stereocenters. The lowest BCUT2D eigenvalue weighted by Crippen LogP contribution is -2.19. The quantitative estimate of drug-likeness (QED) is 0.824. The summed E-state index contributed by atoms with van der Waals surface area (Å²) in [5.74, 6) is 2.06. The normalized spacial score (nSPS) is 15.1. The summed E-state index contributed by atoms with van der Waals surface area (Å²) >= 11 is 6.13. The van der Waals surface area contributed by atoms with Gasteiger partial charge in [-0.2, -0.15) is 0 Å². The molecule has 0 spiro atoms. The number of pyridine rings is 1. The Hall–Kier alpha value is -0.800. The van der Waals surface area contributed by atoms with E-state index in [4.69, 9.17) is 16.3 Å². The van der Waals surface area contributed by atoms with E-state index >= 15 is 0 Å². The van der Waals surface area contributed by atoms with Crippen molar-refractivity contribution in [3.05, 3.63) is 22.8 Å². The number of hydrogen-bond donors (Lipinski definition) is 1. The van der Waals surface area contributed by atoms with Gasteiger partial charge >= 0.3 is 0 Å². The van der Waals surface area contributed by atoms with Gasteiger partial charge in [0.05, 0.1) is 11.6 Å². The molecule has 0 aromatic carbocycles. The van der Waals surface area contributed by atoms with Crippen LogP contribution in [-0.4, -0.2) is 18.1 Å². The molecule has 1 aromatic heterocycles. The van der Waals surface area contributed by atoms with Gasteiger partial charge in [-0.1, -0.05) is 25.4 Å². The highest BCUT2D eigenvalue weighted by atomic mass is 35.5. The Morgan fingerprint density at radius 3 is 2.94 bits per heavy atom. The van der Waals surface area contributed by atoms with Crippen molar-refractivity contribution in [3.63, 3.8) is 0 Å². The molecule has 100 valence electrons. The Kier molecular flexibility index (Phi) is 4.84. The highest BCUT2D eigenvalue weighted by molar-refractivity contribution is 6.31. The van der Waals surface area contributed by atoms with Crippen molar-refractivity contribution < 1.29 is 4.74 Å². The lowest BCUT2D eigenvalue weighted by atomic mass is 10.2. The van der Waals surface area contributed by atoms with E-state index in [9.17, 15) is 0 Å². The Morgan fingerprint density at radius 2 is 2.28 bits per heavy atom. The molecule has 0 amide bonds. The molecule has 0 aliphatic heterocycles. The SMILES string of the molecule is CC(C)CNCc1cc(OCC2CC2)ncc1Cl.